The maximum atomic E-state index is 12.1. The van der Waals surface area contributed by atoms with Crippen LogP contribution in [0.1, 0.15) is 40.0 Å². The molecule has 94 valence electrons. The Hall–Kier alpha value is -0.220. The van der Waals surface area contributed by atoms with Crippen molar-refractivity contribution in [3.05, 3.63) is 0 Å². The lowest BCUT2D eigenvalue weighted by Gasteiger charge is -2.42. The summed E-state index contributed by atoms with van der Waals surface area (Å²) >= 11 is 1.86. The van der Waals surface area contributed by atoms with Gasteiger partial charge in [-0.15, -0.1) is 0 Å². The SMILES string of the molecule is CCC(C)NC1(C(=O)OC)CCCSC1C. The summed E-state index contributed by atoms with van der Waals surface area (Å²) in [5, 5.41) is 3.77. The molecule has 1 rings (SSSR count). The molecule has 0 bridgehead atoms. The Morgan fingerprint density at radius 1 is 1.69 bits per heavy atom. The summed E-state index contributed by atoms with van der Waals surface area (Å²) in [4.78, 5) is 12.1. The van der Waals surface area contributed by atoms with E-state index in [-0.39, 0.29) is 11.2 Å². The van der Waals surface area contributed by atoms with Crippen molar-refractivity contribution in [2.75, 3.05) is 12.9 Å². The highest BCUT2D eigenvalue weighted by Gasteiger charge is 2.46. The van der Waals surface area contributed by atoms with Crippen molar-refractivity contribution >= 4 is 17.7 Å². The van der Waals surface area contributed by atoms with Gasteiger partial charge in [-0.1, -0.05) is 13.8 Å². The molecule has 3 unspecified atom stereocenters. The van der Waals surface area contributed by atoms with Crippen LogP contribution in [-0.4, -0.2) is 35.7 Å². The van der Waals surface area contributed by atoms with Crippen LogP contribution in [0.4, 0.5) is 0 Å². The van der Waals surface area contributed by atoms with Gasteiger partial charge in [0.25, 0.3) is 0 Å². The fourth-order valence-electron chi connectivity index (χ4n) is 2.20. The molecule has 0 aromatic carbocycles. The first-order chi connectivity index (χ1) is 7.56. The number of carbonyl (C=O) groups is 1. The number of hydrogen-bond acceptors (Lipinski definition) is 4. The van der Waals surface area contributed by atoms with Crippen molar-refractivity contribution in [2.45, 2.75) is 56.9 Å². The average Bonchev–Trinajstić information content (AvgIpc) is 2.30. The van der Waals surface area contributed by atoms with E-state index in [0.717, 1.165) is 25.0 Å². The normalized spacial score (nSPS) is 32.1. The Labute approximate surface area is 103 Å². The van der Waals surface area contributed by atoms with Crippen LogP contribution in [0.5, 0.6) is 0 Å². The third-order valence-electron chi connectivity index (χ3n) is 3.44. The molecule has 0 aromatic heterocycles. The maximum absolute atomic E-state index is 12.1. The Morgan fingerprint density at radius 2 is 2.38 bits per heavy atom. The van der Waals surface area contributed by atoms with Gasteiger partial charge in [-0.2, -0.15) is 11.8 Å². The van der Waals surface area contributed by atoms with Crippen LogP contribution in [0.25, 0.3) is 0 Å². The molecule has 16 heavy (non-hydrogen) atoms. The average molecular weight is 245 g/mol. The Balaban J connectivity index is 2.86. The van der Waals surface area contributed by atoms with Crippen LogP contribution in [0.15, 0.2) is 0 Å². The van der Waals surface area contributed by atoms with Crippen LogP contribution >= 0.6 is 11.8 Å². The maximum Gasteiger partial charge on any atom is 0.327 e. The zero-order valence-electron chi connectivity index (χ0n) is 10.7. The van der Waals surface area contributed by atoms with E-state index in [2.05, 4.69) is 26.1 Å². The van der Waals surface area contributed by atoms with Gasteiger partial charge in [0.2, 0.25) is 0 Å². The number of ether oxygens (including phenoxy) is 1. The van der Waals surface area contributed by atoms with Crippen LogP contribution in [-0.2, 0) is 9.53 Å². The molecule has 0 aromatic rings. The molecule has 0 saturated carbocycles. The van der Waals surface area contributed by atoms with Gasteiger partial charge >= 0.3 is 5.97 Å². The third kappa shape index (κ3) is 2.72. The van der Waals surface area contributed by atoms with E-state index in [1.807, 2.05) is 11.8 Å². The zero-order chi connectivity index (χ0) is 12.2. The second-order valence-electron chi connectivity index (χ2n) is 4.53. The van der Waals surface area contributed by atoms with E-state index in [1.54, 1.807) is 0 Å². The lowest BCUT2D eigenvalue weighted by Crippen LogP contribution is -2.62. The Kier molecular flexibility index (Phi) is 5.12. The minimum absolute atomic E-state index is 0.104. The summed E-state index contributed by atoms with van der Waals surface area (Å²) in [6.07, 6.45) is 2.99. The molecule has 1 saturated heterocycles. The van der Waals surface area contributed by atoms with Crippen molar-refractivity contribution in [2.24, 2.45) is 0 Å². The van der Waals surface area contributed by atoms with Crippen molar-refractivity contribution in [3.8, 4) is 0 Å². The summed E-state index contributed by atoms with van der Waals surface area (Å²) in [5.41, 5.74) is -0.479. The molecule has 1 fully saturated rings. The number of thioether (sulfide) groups is 1. The highest BCUT2D eigenvalue weighted by molar-refractivity contribution is 8.00. The van der Waals surface area contributed by atoms with Crippen molar-refractivity contribution < 1.29 is 9.53 Å². The van der Waals surface area contributed by atoms with Crippen LogP contribution < -0.4 is 5.32 Å². The van der Waals surface area contributed by atoms with Gasteiger partial charge in [0, 0.05) is 11.3 Å². The Bertz CT molecular complexity index is 247. The van der Waals surface area contributed by atoms with Gasteiger partial charge in [0.15, 0.2) is 0 Å². The van der Waals surface area contributed by atoms with Crippen LogP contribution in [0.3, 0.4) is 0 Å². The van der Waals surface area contributed by atoms with Gasteiger partial charge in [-0.3, -0.25) is 10.1 Å². The van der Waals surface area contributed by atoms with E-state index in [4.69, 9.17) is 4.74 Å². The lowest BCUT2D eigenvalue weighted by molar-refractivity contribution is -0.149. The molecule has 3 nitrogen and oxygen atoms in total. The second kappa shape index (κ2) is 5.92. The van der Waals surface area contributed by atoms with E-state index in [9.17, 15) is 4.79 Å². The molecule has 1 heterocycles. The van der Waals surface area contributed by atoms with E-state index in [1.165, 1.54) is 7.11 Å². The summed E-state index contributed by atoms with van der Waals surface area (Å²) in [7, 11) is 1.48. The van der Waals surface area contributed by atoms with E-state index in [0.29, 0.717) is 6.04 Å². The standard InChI is InChI=1S/C12H23NO2S/c1-5-9(2)13-12(11(14)15-4)7-6-8-16-10(12)3/h9-10,13H,5-8H2,1-4H3. The second-order valence-corrected chi connectivity index (χ2v) is 5.98. The molecule has 4 heteroatoms. The van der Waals surface area contributed by atoms with Crippen LogP contribution in [0.2, 0.25) is 0 Å². The largest absolute Gasteiger partial charge is 0.468 e. The molecule has 0 aliphatic carbocycles. The minimum Gasteiger partial charge on any atom is -0.468 e. The fraction of sp³-hybridized carbons (Fsp3) is 0.917. The number of carbonyl (C=O) groups excluding carboxylic acids is 1. The van der Waals surface area contributed by atoms with Crippen LogP contribution in [0, 0.1) is 0 Å². The molecule has 0 radical (unpaired) electrons. The van der Waals surface area contributed by atoms with E-state index < -0.39 is 5.54 Å². The smallest absolute Gasteiger partial charge is 0.327 e. The number of esters is 1. The quantitative estimate of drug-likeness (QED) is 0.771. The van der Waals surface area contributed by atoms with Gasteiger partial charge in [0.05, 0.1) is 7.11 Å². The minimum atomic E-state index is -0.479. The highest BCUT2D eigenvalue weighted by Crippen LogP contribution is 2.35. The van der Waals surface area contributed by atoms with Crippen molar-refractivity contribution in [1.82, 2.24) is 5.32 Å². The molecular weight excluding hydrogens is 222 g/mol. The predicted octanol–water partition coefficient (Wildman–Crippen LogP) is 2.20. The number of nitrogens with one attached hydrogen (secondary N) is 1. The molecule has 3 atom stereocenters. The molecular formula is C12H23NO2S. The van der Waals surface area contributed by atoms with Gasteiger partial charge in [-0.25, -0.2) is 0 Å². The first-order valence-corrected chi connectivity index (χ1v) is 7.09. The predicted molar refractivity (Wildman–Crippen MR) is 68.8 cm³/mol. The molecule has 0 spiro atoms. The van der Waals surface area contributed by atoms with E-state index >= 15 is 0 Å². The third-order valence-corrected chi connectivity index (χ3v) is 4.87. The highest BCUT2D eigenvalue weighted by atomic mass is 32.2. The fourth-order valence-corrected chi connectivity index (χ4v) is 3.43. The molecule has 1 N–H and O–H groups in total. The first-order valence-electron chi connectivity index (χ1n) is 6.04. The van der Waals surface area contributed by atoms with Crippen molar-refractivity contribution in [3.63, 3.8) is 0 Å². The molecule has 0 amide bonds. The summed E-state index contributed by atoms with van der Waals surface area (Å²) in [5.74, 6) is 1.04. The summed E-state index contributed by atoms with van der Waals surface area (Å²) < 4.78 is 4.99. The van der Waals surface area contributed by atoms with Crippen molar-refractivity contribution in [1.29, 1.82) is 0 Å². The summed E-state index contributed by atoms with van der Waals surface area (Å²) in [6.45, 7) is 6.37. The first kappa shape index (κ1) is 13.8. The number of hydrogen-bond donors (Lipinski definition) is 1. The topological polar surface area (TPSA) is 38.3 Å². The van der Waals surface area contributed by atoms with Gasteiger partial charge < -0.3 is 4.74 Å². The Morgan fingerprint density at radius 3 is 2.88 bits per heavy atom. The van der Waals surface area contributed by atoms with Gasteiger partial charge in [0.1, 0.15) is 5.54 Å². The zero-order valence-corrected chi connectivity index (χ0v) is 11.5. The number of rotatable bonds is 4. The lowest BCUT2D eigenvalue weighted by atomic mass is 9.88. The summed E-state index contributed by atoms with van der Waals surface area (Å²) in [6, 6.07) is 0.347. The number of methoxy groups -OCH3 is 1. The molecule has 1 aliphatic rings. The van der Waals surface area contributed by atoms with Gasteiger partial charge in [-0.05, 0) is 31.9 Å². The molecule has 1 aliphatic heterocycles. The monoisotopic (exact) mass is 245 g/mol.